The number of imidazole rings is 1. The standard InChI is InChI=1S/C12H15N3O/c1-7-8(2)15-12(14-7)9-4-10(13)6-11(5-9)16-3/h4-6H,13H2,1-3H3,(H,14,15). The molecule has 0 saturated heterocycles. The third-order valence-electron chi connectivity index (χ3n) is 2.57. The number of methoxy groups -OCH3 is 1. The molecule has 0 atom stereocenters. The molecule has 1 aromatic carbocycles. The molecule has 0 radical (unpaired) electrons. The molecule has 4 heteroatoms. The van der Waals surface area contributed by atoms with Crippen molar-refractivity contribution >= 4 is 5.69 Å². The van der Waals surface area contributed by atoms with E-state index in [9.17, 15) is 0 Å². The molecule has 0 bridgehead atoms. The summed E-state index contributed by atoms with van der Waals surface area (Å²) >= 11 is 0. The molecule has 2 rings (SSSR count). The van der Waals surface area contributed by atoms with Crippen LogP contribution in [0.25, 0.3) is 11.4 Å². The number of nitrogen functional groups attached to an aromatic ring is 1. The highest BCUT2D eigenvalue weighted by Gasteiger charge is 2.07. The van der Waals surface area contributed by atoms with Gasteiger partial charge in [0.1, 0.15) is 11.6 Å². The molecule has 0 spiro atoms. The molecule has 0 aliphatic rings. The van der Waals surface area contributed by atoms with Gasteiger partial charge in [0, 0.05) is 23.0 Å². The summed E-state index contributed by atoms with van der Waals surface area (Å²) in [5.74, 6) is 1.56. The molecular weight excluding hydrogens is 202 g/mol. The lowest BCUT2D eigenvalue weighted by atomic mass is 10.2. The molecule has 0 amide bonds. The van der Waals surface area contributed by atoms with Gasteiger partial charge in [-0.3, -0.25) is 0 Å². The van der Waals surface area contributed by atoms with E-state index in [0.717, 1.165) is 28.5 Å². The Hall–Kier alpha value is -1.97. The van der Waals surface area contributed by atoms with Crippen LogP contribution in [0.2, 0.25) is 0 Å². The lowest BCUT2D eigenvalue weighted by Crippen LogP contribution is -1.91. The second-order valence-corrected chi connectivity index (χ2v) is 3.79. The second kappa shape index (κ2) is 3.89. The first-order chi connectivity index (χ1) is 7.60. The van der Waals surface area contributed by atoms with Gasteiger partial charge in [0.05, 0.1) is 12.8 Å². The molecule has 16 heavy (non-hydrogen) atoms. The Morgan fingerprint density at radius 3 is 2.56 bits per heavy atom. The van der Waals surface area contributed by atoms with Crippen LogP contribution in [0.3, 0.4) is 0 Å². The van der Waals surface area contributed by atoms with Crippen molar-refractivity contribution in [2.75, 3.05) is 12.8 Å². The molecule has 3 N–H and O–H groups in total. The fourth-order valence-electron chi connectivity index (χ4n) is 1.56. The number of rotatable bonds is 2. The zero-order chi connectivity index (χ0) is 11.7. The molecule has 2 aromatic rings. The first-order valence-corrected chi connectivity index (χ1v) is 5.08. The van der Waals surface area contributed by atoms with Crippen LogP contribution < -0.4 is 10.5 Å². The van der Waals surface area contributed by atoms with Crippen LogP contribution in [0, 0.1) is 13.8 Å². The number of hydrogen-bond donors (Lipinski definition) is 2. The molecule has 0 unspecified atom stereocenters. The SMILES string of the molecule is COc1cc(N)cc(-c2nc(C)c(C)[nH]2)c1. The van der Waals surface area contributed by atoms with Crippen molar-refractivity contribution in [3.05, 3.63) is 29.6 Å². The first kappa shape index (κ1) is 10.5. The minimum absolute atomic E-state index is 0.668. The van der Waals surface area contributed by atoms with Gasteiger partial charge in [-0.2, -0.15) is 0 Å². The Bertz CT molecular complexity index is 497. The monoisotopic (exact) mass is 217 g/mol. The van der Waals surface area contributed by atoms with Crippen molar-refractivity contribution in [2.24, 2.45) is 0 Å². The fraction of sp³-hybridized carbons (Fsp3) is 0.250. The number of aryl methyl sites for hydroxylation is 2. The molecule has 0 fully saturated rings. The van der Waals surface area contributed by atoms with Gasteiger partial charge in [-0.05, 0) is 26.0 Å². The number of benzene rings is 1. The summed E-state index contributed by atoms with van der Waals surface area (Å²) in [5, 5.41) is 0. The molecule has 1 aromatic heterocycles. The molecule has 0 saturated carbocycles. The summed E-state index contributed by atoms with van der Waals surface area (Å²) in [5.41, 5.74) is 9.46. The zero-order valence-corrected chi connectivity index (χ0v) is 9.66. The zero-order valence-electron chi connectivity index (χ0n) is 9.66. The van der Waals surface area contributed by atoms with Crippen LogP contribution in [-0.4, -0.2) is 17.1 Å². The van der Waals surface area contributed by atoms with E-state index in [2.05, 4.69) is 9.97 Å². The minimum Gasteiger partial charge on any atom is -0.497 e. The van der Waals surface area contributed by atoms with E-state index in [1.165, 1.54) is 0 Å². The van der Waals surface area contributed by atoms with Crippen molar-refractivity contribution in [1.29, 1.82) is 0 Å². The Morgan fingerprint density at radius 1 is 1.25 bits per heavy atom. The van der Waals surface area contributed by atoms with Crippen molar-refractivity contribution in [1.82, 2.24) is 9.97 Å². The Labute approximate surface area is 94.5 Å². The number of nitrogens with zero attached hydrogens (tertiary/aromatic N) is 1. The molecular formula is C12H15N3O. The summed E-state index contributed by atoms with van der Waals surface area (Å²) in [6.07, 6.45) is 0. The van der Waals surface area contributed by atoms with Crippen LogP contribution in [0.1, 0.15) is 11.4 Å². The average molecular weight is 217 g/mol. The highest BCUT2D eigenvalue weighted by Crippen LogP contribution is 2.25. The maximum Gasteiger partial charge on any atom is 0.138 e. The minimum atomic E-state index is 0.668. The van der Waals surface area contributed by atoms with Crippen LogP contribution in [0.5, 0.6) is 5.75 Å². The predicted octanol–water partition coefficient (Wildman–Crippen LogP) is 2.28. The van der Waals surface area contributed by atoms with Gasteiger partial charge in [-0.1, -0.05) is 0 Å². The third-order valence-corrected chi connectivity index (χ3v) is 2.57. The van der Waals surface area contributed by atoms with Gasteiger partial charge in [0.25, 0.3) is 0 Å². The van der Waals surface area contributed by atoms with Crippen molar-refractivity contribution in [3.8, 4) is 17.1 Å². The van der Waals surface area contributed by atoms with Gasteiger partial charge < -0.3 is 15.5 Å². The lowest BCUT2D eigenvalue weighted by Gasteiger charge is -2.04. The average Bonchev–Trinajstić information content (AvgIpc) is 2.58. The summed E-state index contributed by atoms with van der Waals surface area (Å²) in [6.45, 7) is 3.97. The summed E-state index contributed by atoms with van der Waals surface area (Å²) in [4.78, 5) is 7.65. The largest absolute Gasteiger partial charge is 0.497 e. The number of aromatic nitrogens is 2. The van der Waals surface area contributed by atoms with E-state index in [1.54, 1.807) is 13.2 Å². The number of ether oxygens (including phenoxy) is 1. The highest BCUT2D eigenvalue weighted by molar-refractivity contribution is 5.65. The number of anilines is 1. The van der Waals surface area contributed by atoms with E-state index in [-0.39, 0.29) is 0 Å². The molecule has 0 aliphatic heterocycles. The van der Waals surface area contributed by atoms with Crippen molar-refractivity contribution in [2.45, 2.75) is 13.8 Å². The van der Waals surface area contributed by atoms with Crippen molar-refractivity contribution in [3.63, 3.8) is 0 Å². The smallest absolute Gasteiger partial charge is 0.138 e. The van der Waals surface area contributed by atoms with E-state index in [4.69, 9.17) is 10.5 Å². The number of nitrogens with two attached hydrogens (primary N) is 1. The third kappa shape index (κ3) is 1.86. The van der Waals surface area contributed by atoms with Gasteiger partial charge in [-0.15, -0.1) is 0 Å². The normalized spacial score (nSPS) is 10.4. The maximum absolute atomic E-state index is 5.80. The topological polar surface area (TPSA) is 63.9 Å². The van der Waals surface area contributed by atoms with E-state index < -0.39 is 0 Å². The fourth-order valence-corrected chi connectivity index (χ4v) is 1.56. The van der Waals surface area contributed by atoms with Gasteiger partial charge in [-0.25, -0.2) is 4.98 Å². The number of hydrogen-bond acceptors (Lipinski definition) is 3. The van der Waals surface area contributed by atoms with E-state index >= 15 is 0 Å². The molecule has 0 aliphatic carbocycles. The second-order valence-electron chi connectivity index (χ2n) is 3.79. The number of nitrogens with one attached hydrogen (secondary N) is 1. The first-order valence-electron chi connectivity index (χ1n) is 5.08. The molecule has 84 valence electrons. The van der Waals surface area contributed by atoms with Gasteiger partial charge >= 0.3 is 0 Å². The van der Waals surface area contributed by atoms with Gasteiger partial charge in [0.15, 0.2) is 0 Å². The summed E-state index contributed by atoms with van der Waals surface area (Å²) < 4.78 is 5.17. The summed E-state index contributed by atoms with van der Waals surface area (Å²) in [6, 6.07) is 5.57. The lowest BCUT2D eigenvalue weighted by molar-refractivity contribution is 0.415. The number of H-pyrrole nitrogens is 1. The van der Waals surface area contributed by atoms with E-state index in [0.29, 0.717) is 5.69 Å². The van der Waals surface area contributed by atoms with Crippen LogP contribution in [0.4, 0.5) is 5.69 Å². The Balaban J connectivity index is 2.50. The molecule has 1 heterocycles. The number of aromatic amines is 1. The van der Waals surface area contributed by atoms with Crippen LogP contribution in [0.15, 0.2) is 18.2 Å². The Morgan fingerprint density at radius 2 is 2.00 bits per heavy atom. The quantitative estimate of drug-likeness (QED) is 0.758. The predicted molar refractivity (Wildman–Crippen MR) is 64.5 cm³/mol. The Kier molecular flexibility index (Phi) is 2.56. The maximum atomic E-state index is 5.80. The summed E-state index contributed by atoms with van der Waals surface area (Å²) in [7, 11) is 1.62. The van der Waals surface area contributed by atoms with Gasteiger partial charge in [0.2, 0.25) is 0 Å². The molecule has 4 nitrogen and oxygen atoms in total. The van der Waals surface area contributed by atoms with Crippen LogP contribution >= 0.6 is 0 Å². The van der Waals surface area contributed by atoms with Crippen LogP contribution in [-0.2, 0) is 0 Å². The highest BCUT2D eigenvalue weighted by atomic mass is 16.5. The van der Waals surface area contributed by atoms with Crippen molar-refractivity contribution < 1.29 is 4.74 Å². The van der Waals surface area contributed by atoms with E-state index in [1.807, 2.05) is 26.0 Å².